The van der Waals surface area contributed by atoms with E-state index >= 15 is 0 Å². The molecule has 2 aromatic carbocycles. The largest absolute Gasteiger partial charge is 0.497 e. The van der Waals surface area contributed by atoms with Crippen molar-refractivity contribution < 1.29 is 14.6 Å². The normalized spacial score (nSPS) is 16.1. The molecule has 0 saturated heterocycles. The second-order valence-corrected chi connectivity index (χ2v) is 9.99. The van der Waals surface area contributed by atoms with Gasteiger partial charge in [-0.1, -0.05) is 39.8 Å². The highest BCUT2D eigenvalue weighted by Crippen LogP contribution is 2.49. The number of benzene rings is 2. The Balaban J connectivity index is 1.63. The fourth-order valence-electron chi connectivity index (χ4n) is 4.45. The van der Waals surface area contributed by atoms with E-state index in [1.807, 2.05) is 49.4 Å². The van der Waals surface area contributed by atoms with Crippen molar-refractivity contribution in [2.75, 3.05) is 12.4 Å². The molecule has 2 N–H and O–H groups in total. The summed E-state index contributed by atoms with van der Waals surface area (Å²) in [6.07, 6.45) is 2.01. The molecule has 0 aliphatic heterocycles. The van der Waals surface area contributed by atoms with Crippen molar-refractivity contribution in [3.8, 4) is 5.75 Å². The molecule has 0 unspecified atom stereocenters. The number of aliphatic hydroxyl groups is 1. The third-order valence-electron chi connectivity index (χ3n) is 6.60. The number of ether oxygens (including phenoxy) is 1. The monoisotopic (exact) mass is 434 g/mol. The molecule has 0 radical (unpaired) electrons. The number of amides is 1. The summed E-state index contributed by atoms with van der Waals surface area (Å²) in [5.41, 5.74) is 3.53. The quantitative estimate of drug-likeness (QED) is 0.524. The smallest absolute Gasteiger partial charge is 0.235 e. The molecule has 4 rings (SSSR count). The number of carbonyl (C=O) groups is 1. The Morgan fingerprint density at radius 1 is 1.19 bits per heavy atom. The molecular weight excluding hydrogens is 400 g/mol. The first-order chi connectivity index (χ1) is 15.2. The number of aromatic nitrogens is 1. The molecule has 1 atom stereocenters. The van der Waals surface area contributed by atoms with E-state index in [1.165, 1.54) is 5.69 Å². The predicted octanol–water partition coefficient (Wildman–Crippen LogP) is 5.39. The van der Waals surface area contributed by atoms with Crippen LogP contribution in [0.15, 0.2) is 48.5 Å². The SMILES string of the molecule is CC[C@H](O)Cn1c(C(C)(C)C)cc2cc(NC(=O)C3(c4cccc(OC)c4)CC3)ccc21. The van der Waals surface area contributed by atoms with Crippen LogP contribution in [0.4, 0.5) is 5.69 Å². The number of nitrogens with zero attached hydrogens (tertiary/aromatic N) is 1. The number of anilines is 1. The lowest BCUT2D eigenvalue weighted by Gasteiger charge is -2.23. The van der Waals surface area contributed by atoms with Crippen LogP contribution in [0.2, 0.25) is 0 Å². The number of rotatable bonds is 7. The predicted molar refractivity (Wildman–Crippen MR) is 129 cm³/mol. The molecule has 170 valence electrons. The molecule has 1 fully saturated rings. The van der Waals surface area contributed by atoms with E-state index in [9.17, 15) is 9.90 Å². The lowest BCUT2D eigenvalue weighted by atomic mass is 9.92. The van der Waals surface area contributed by atoms with E-state index < -0.39 is 5.41 Å². The summed E-state index contributed by atoms with van der Waals surface area (Å²) < 4.78 is 7.56. The first kappa shape index (κ1) is 22.4. The van der Waals surface area contributed by atoms with Crippen molar-refractivity contribution in [2.24, 2.45) is 0 Å². The van der Waals surface area contributed by atoms with Gasteiger partial charge in [0.05, 0.1) is 18.6 Å². The van der Waals surface area contributed by atoms with E-state index in [0.29, 0.717) is 13.0 Å². The van der Waals surface area contributed by atoms with Crippen molar-refractivity contribution in [2.45, 2.75) is 70.4 Å². The molecular formula is C27H34N2O3. The lowest BCUT2D eigenvalue weighted by molar-refractivity contribution is -0.118. The Morgan fingerprint density at radius 3 is 2.56 bits per heavy atom. The second kappa shape index (κ2) is 8.28. The van der Waals surface area contributed by atoms with Gasteiger partial charge in [-0.3, -0.25) is 4.79 Å². The summed E-state index contributed by atoms with van der Waals surface area (Å²) in [5, 5.41) is 14.5. The molecule has 5 nitrogen and oxygen atoms in total. The number of aliphatic hydroxyl groups excluding tert-OH is 1. The third-order valence-corrected chi connectivity index (χ3v) is 6.60. The highest BCUT2D eigenvalue weighted by Gasteiger charge is 2.51. The molecule has 0 bridgehead atoms. The van der Waals surface area contributed by atoms with E-state index in [0.717, 1.165) is 40.7 Å². The molecule has 5 heteroatoms. The van der Waals surface area contributed by atoms with Crippen LogP contribution in [0.25, 0.3) is 10.9 Å². The van der Waals surface area contributed by atoms with E-state index in [4.69, 9.17) is 4.74 Å². The Labute approximate surface area is 190 Å². The number of hydrogen-bond acceptors (Lipinski definition) is 3. The summed E-state index contributed by atoms with van der Waals surface area (Å²) >= 11 is 0. The van der Waals surface area contributed by atoms with Gasteiger partial charge < -0.3 is 19.7 Å². The van der Waals surface area contributed by atoms with Crippen LogP contribution in [0.1, 0.15) is 58.2 Å². The van der Waals surface area contributed by atoms with Crippen LogP contribution in [0.5, 0.6) is 5.75 Å². The molecule has 1 aliphatic carbocycles. The van der Waals surface area contributed by atoms with Crippen LogP contribution in [-0.4, -0.2) is 28.8 Å². The lowest BCUT2D eigenvalue weighted by Crippen LogP contribution is -2.27. The van der Waals surface area contributed by atoms with Gasteiger partial charge in [-0.15, -0.1) is 0 Å². The molecule has 1 aliphatic rings. The van der Waals surface area contributed by atoms with E-state index in [1.54, 1.807) is 7.11 Å². The number of methoxy groups -OCH3 is 1. The van der Waals surface area contributed by atoms with Gasteiger partial charge in [0.2, 0.25) is 5.91 Å². The first-order valence-electron chi connectivity index (χ1n) is 11.5. The highest BCUT2D eigenvalue weighted by molar-refractivity contribution is 6.02. The maximum Gasteiger partial charge on any atom is 0.235 e. The number of fused-ring (bicyclic) bond motifs is 1. The number of hydrogen-bond donors (Lipinski definition) is 2. The van der Waals surface area contributed by atoms with Gasteiger partial charge in [0.25, 0.3) is 0 Å². The molecule has 1 heterocycles. The van der Waals surface area contributed by atoms with Crippen LogP contribution < -0.4 is 10.1 Å². The van der Waals surface area contributed by atoms with Gasteiger partial charge in [-0.25, -0.2) is 0 Å². The van der Waals surface area contributed by atoms with Crippen molar-refractivity contribution in [3.63, 3.8) is 0 Å². The van der Waals surface area contributed by atoms with E-state index in [2.05, 4.69) is 36.7 Å². The highest BCUT2D eigenvalue weighted by atomic mass is 16.5. The van der Waals surface area contributed by atoms with Gasteiger partial charge in [0.1, 0.15) is 5.75 Å². The Morgan fingerprint density at radius 2 is 1.94 bits per heavy atom. The first-order valence-corrected chi connectivity index (χ1v) is 11.5. The fraction of sp³-hybridized carbons (Fsp3) is 0.444. The van der Waals surface area contributed by atoms with Crippen LogP contribution in [0, 0.1) is 0 Å². The van der Waals surface area contributed by atoms with Gasteiger partial charge in [-0.05, 0) is 61.2 Å². The average molecular weight is 435 g/mol. The standard InChI is InChI=1S/C27H34N2O3/c1-6-21(30)17-29-23-11-10-20(14-18(23)15-24(29)26(2,3)4)28-25(31)27(12-13-27)19-8-7-9-22(16-19)32-5/h7-11,14-16,21,30H,6,12-13,17H2,1-5H3,(H,28,31)/t21-/m0/s1. The second-order valence-electron chi connectivity index (χ2n) is 9.99. The zero-order valence-electron chi connectivity index (χ0n) is 19.7. The topological polar surface area (TPSA) is 63.5 Å². The zero-order chi connectivity index (χ0) is 23.1. The van der Waals surface area contributed by atoms with Gasteiger partial charge in [0.15, 0.2) is 0 Å². The minimum atomic E-state index is -0.475. The van der Waals surface area contributed by atoms with Crippen LogP contribution >= 0.6 is 0 Å². The minimum Gasteiger partial charge on any atom is -0.497 e. The molecule has 0 spiro atoms. The van der Waals surface area contributed by atoms with Crippen molar-refractivity contribution in [1.82, 2.24) is 4.57 Å². The van der Waals surface area contributed by atoms with Gasteiger partial charge in [0, 0.05) is 34.2 Å². The van der Waals surface area contributed by atoms with Gasteiger partial charge >= 0.3 is 0 Å². The van der Waals surface area contributed by atoms with Crippen LogP contribution in [0.3, 0.4) is 0 Å². The average Bonchev–Trinajstić information content (AvgIpc) is 3.50. The molecule has 3 aromatic rings. The Hall–Kier alpha value is -2.79. The van der Waals surface area contributed by atoms with Crippen molar-refractivity contribution >= 4 is 22.5 Å². The molecule has 1 saturated carbocycles. The zero-order valence-corrected chi connectivity index (χ0v) is 19.7. The summed E-state index contributed by atoms with van der Waals surface area (Å²) in [4.78, 5) is 13.3. The summed E-state index contributed by atoms with van der Waals surface area (Å²) in [7, 11) is 1.64. The molecule has 1 aromatic heterocycles. The summed E-state index contributed by atoms with van der Waals surface area (Å²) in [6, 6.07) is 16.0. The van der Waals surface area contributed by atoms with Crippen molar-refractivity contribution in [1.29, 1.82) is 0 Å². The van der Waals surface area contributed by atoms with Crippen LogP contribution in [-0.2, 0) is 22.2 Å². The fourth-order valence-corrected chi connectivity index (χ4v) is 4.45. The van der Waals surface area contributed by atoms with E-state index in [-0.39, 0.29) is 17.4 Å². The summed E-state index contributed by atoms with van der Waals surface area (Å²) in [5.74, 6) is 0.801. The maximum absolute atomic E-state index is 13.3. The Kier molecular flexibility index (Phi) is 5.80. The minimum absolute atomic E-state index is 0.0296. The third kappa shape index (κ3) is 4.14. The Bertz CT molecular complexity index is 1140. The molecule has 1 amide bonds. The molecule has 32 heavy (non-hydrogen) atoms. The summed E-state index contributed by atoms with van der Waals surface area (Å²) in [6.45, 7) is 9.12. The van der Waals surface area contributed by atoms with Crippen molar-refractivity contribution in [3.05, 3.63) is 59.8 Å². The maximum atomic E-state index is 13.3. The number of carbonyl (C=O) groups excluding carboxylic acids is 1. The number of nitrogens with one attached hydrogen (secondary N) is 1. The van der Waals surface area contributed by atoms with Gasteiger partial charge in [-0.2, -0.15) is 0 Å².